The fourth-order valence-corrected chi connectivity index (χ4v) is 3.63. The third-order valence-electron chi connectivity index (χ3n) is 4.81. The van der Waals surface area contributed by atoms with Gasteiger partial charge in [0, 0.05) is 11.3 Å². The monoisotopic (exact) mass is 375 g/mol. The standard InChI is InChI=1S/C20H24ClN3O2/c1-26-19-8-7-17(13-18(19)21)22-20(25)15-24-11-9-23(10-12-24)14-16-5-3-2-4-6-16/h2-8,13H,9-12,14-15H2,1H3,(H,22,25)/p+2. The molecular formula is C20H26ClN3O2+2. The summed E-state index contributed by atoms with van der Waals surface area (Å²) in [6, 6.07) is 15.9. The molecule has 26 heavy (non-hydrogen) atoms. The lowest BCUT2D eigenvalue weighted by molar-refractivity contribution is -1.02. The van der Waals surface area contributed by atoms with Gasteiger partial charge in [-0.3, -0.25) is 4.79 Å². The van der Waals surface area contributed by atoms with Crippen LogP contribution in [0, 0.1) is 0 Å². The van der Waals surface area contributed by atoms with E-state index in [1.807, 2.05) is 0 Å². The first-order valence-corrected chi connectivity index (χ1v) is 9.36. The average molecular weight is 376 g/mol. The Hall–Kier alpha value is -2.08. The summed E-state index contributed by atoms with van der Waals surface area (Å²) in [6.45, 7) is 5.75. The Kier molecular flexibility index (Phi) is 6.50. The zero-order valence-corrected chi connectivity index (χ0v) is 15.8. The van der Waals surface area contributed by atoms with Crippen molar-refractivity contribution in [2.75, 3.05) is 45.2 Å². The molecule has 1 saturated heterocycles. The van der Waals surface area contributed by atoms with E-state index in [1.165, 1.54) is 10.5 Å². The molecule has 2 aromatic rings. The second-order valence-electron chi connectivity index (χ2n) is 6.74. The van der Waals surface area contributed by atoms with Crippen molar-refractivity contribution in [2.24, 2.45) is 0 Å². The number of quaternary nitrogens is 2. The molecule has 138 valence electrons. The second kappa shape index (κ2) is 9.03. The third-order valence-corrected chi connectivity index (χ3v) is 5.10. The highest BCUT2D eigenvalue weighted by Gasteiger charge is 2.24. The fourth-order valence-electron chi connectivity index (χ4n) is 3.37. The van der Waals surface area contributed by atoms with Gasteiger partial charge in [-0.2, -0.15) is 0 Å². The van der Waals surface area contributed by atoms with E-state index >= 15 is 0 Å². The first-order chi connectivity index (χ1) is 12.6. The number of ether oxygens (including phenoxy) is 1. The Bertz CT molecular complexity index is 731. The highest BCUT2D eigenvalue weighted by molar-refractivity contribution is 6.32. The van der Waals surface area contributed by atoms with Crippen LogP contribution in [-0.2, 0) is 11.3 Å². The number of halogens is 1. The molecule has 1 aliphatic rings. The third kappa shape index (κ3) is 5.21. The number of amides is 1. The predicted octanol–water partition coefficient (Wildman–Crippen LogP) is 0.271. The summed E-state index contributed by atoms with van der Waals surface area (Å²) in [4.78, 5) is 15.2. The van der Waals surface area contributed by atoms with Crippen LogP contribution in [-0.4, -0.2) is 45.7 Å². The molecule has 6 heteroatoms. The lowest BCUT2D eigenvalue weighted by Crippen LogP contribution is -3.28. The molecule has 0 bridgehead atoms. The van der Waals surface area contributed by atoms with Gasteiger partial charge in [-0.15, -0.1) is 0 Å². The van der Waals surface area contributed by atoms with Crippen molar-refractivity contribution in [1.82, 2.24) is 0 Å². The van der Waals surface area contributed by atoms with Crippen LogP contribution in [0.1, 0.15) is 5.56 Å². The number of carbonyl (C=O) groups excluding carboxylic acids is 1. The van der Waals surface area contributed by atoms with Crippen molar-refractivity contribution in [1.29, 1.82) is 0 Å². The van der Waals surface area contributed by atoms with Crippen LogP contribution in [0.5, 0.6) is 5.75 Å². The van der Waals surface area contributed by atoms with E-state index in [0.29, 0.717) is 23.0 Å². The Balaban J connectivity index is 1.44. The molecule has 1 amide bonds. The lowest BCUT2D eigenvalue weighted by atomic mass is 10.2. The number of carbonyl (C=O) groups is 1. The van der Waals surface area contributed by atoms with E-state index < -0.39 is 0 Å². The van der Waals surface area contributed by atoms with Gasteiger partial charge in [-0.05, 0) is 18.2 Å². The van der Waals surface area contributed by atoms with Crippen molar-refractivity contribution < 1.29 is 19.3 Å². The second-order valence-corrected chi connectivity index (χ2v) is 7.14. The molecule has 0 aliphatic carbocycles. The van der Waals surface area contributed by atoms with E-state index in [-0.39, 0.29) is 5.91 Å². The van der Waals surface area contributed by atoms with E-state index in [0.717, 1.165) is 32.7 Å². The highest BCUT2D eigenvalue weighted by atomic mass is 35.5. The highest BCUT2D eigenvalue weighted by Crippen LogP contribution is 2.26. The maximum absolute atomic E-state index is 12.3. The summed E-state index contributed by atoms with van der Waals surface area (Å²) in [5.74, 6) is 0.626. The zero-order chi connectivity index (χ0) is 18.4. The smallest absolute Gasteiger partial charge is 0.279 e. The summed E-state index contributed by atoms with van der Waals surface area (Å²) in [6.07, 6.45) is 0. The molecule has 0 spiro atoms. The van der Waals surface area contributed by atoms with Gasteiger partial charge >= 0.3 is 0 Å². The summed E-state index contributed by atoms with van der Waals surface area (Å²) >= 11 is 6.10. The van der Waals surface area contributed by atoms with Gasteiger partial charge in [-0.25, -0.2) is 0 Å². The first-order valence-electron chi connectivity index (χ1n) is 8.98. The Morgan fingerprint density at radius 1 is 1.08 bits per heavy atom. The van der Waals surface area contributed by atoms with Crippen LogP contribution in [0.25, 0.3) is 0 Å². The number of anilines is 1. The maximum Gasteiger partial charge on any atom is 0.279 e. The minimum absolute atomic E-state index is 0.0211. The molecule has 0 radical (unpaired) electrons. The van der Waals surface area contributed by atoms with Gasteiger partial charge in [-0.1, -0.05) is 41.9 Å². The largest absolute Gasteiger partial charge is 0.495 e. The molecule has 0 atom stereocenters. The molecule has 0 unspecified atom stereocenters. The molecule has 0 saturated carbocycles. The van der Waals surface area contributed by atoms with E-state index in [9.17, 15) is 4.79 Å². The number of hydrogen-bond donors (Lipinski definition) is 3. The van der Waals surface area contributed by atoms with Gasteiger partial charge < -0.3 is 19.9 Å². The van der Waals surface area contributed by atoms with E-state index in [1.54, 1.807) is 30.2 Å². The van der Waals surface area contributed by atoms with Crippen molar-refractivity contribution in [3.05, 3.63) is 59.1 Å². The van der Waals surface area contributed by atoms with Gasteiger partial charge in [0.1, 0.15) is 38.5 Å². The number of methoxy groups -OCH3 is 1. The van der Waals surface area contributed by atoms with Crippen molar-refractivity contribution in [3.63, 3.8) is 0 Å². The van der Waals surface area contributed by atoms with Crippen LogP contribution in [0.4, 0.5) is 5.69 Å². The number of hydrogen-bond acceptors (Lipinski definition) is 2. The molecule has 3 rings (SSSR count). The molecule has 5 nitrogen and oxygen atoms in total. The SMILES string of the molecule is COc1ccc(NC(=O)C[NH+]2CC[NH+](Cc3ccccc3)CC2)cc1Cl. The molecule has 2 aromatic carbocycles. The van der Waals surface area contributed by atoms with Gasteiger partial charge in [0.25, 0.3) is 5.91 Å². The van der Waals surface area contributed by atoms with Crippen LogP contribution in [0.3, 0.4) is 0 Å². The Labute approximate surface area is 159 Å². The molecule has 1 heterocycles. The Morgan fingerprint density at radius 2 is 1.77 bits per heavy atom. The fraction of sp³-hybridized carbons (Fsp3) is 0.350. The minimum atomic E-state index is 0.0211. The number of piperazine rings is 1. The lowest BCUT2D eigenvalue weighted by Gasteiger charge is -2.29. The zero-order valence-electron chi connectivity index (χ0n) is 15.1. The van der Waals surface area contributed by atoms with Gasteiger partial charge in [0.2, 0.25) is 0 Å². The average Bonchev–Trinajstić information content (AvgIpc) is 2.64. The van der Waals surface area contributed by atoms with Crippen LogP contribution >= 0.6 is 11.6 Å². The Morgan fingerprint density at radius 3 is 2.42 bits per heavy atom. The predicted molar refractivity (Wildman–Crippen MR) is 103 cm³/mol. The van der Waals surface area contributed by atoms with Crippen molar-refractivity contribution in [2.45, 2.75) is 6.54 Å². The summed E-state index contributed by atoms with van der Waals surface area (Å²) in [5, 5.41) is 3.42. The van der Waals surface area contributed by atoms with Gasteiger partial charge in [0.15, 0.2) is 6.54 Å². The van der Waals surface area contributed by atoms with Crippen LogP contribution in [0.2, 0.25) is 5.02 Å². The number of nitrogens with one attached hydrogen (secondary N) is 3. The summed E-state index contributed by atoms with van der Waals surface area (Å²) < 4.78 is 5.13. The van der Waals surface area contributed by atoms with Crippen LogP contribution < -0.4 is 19.9 Å². The topological polar surface area (TPSA) is 47.2 Å². The molecule has 3 N–H and O–H groups in total. The van der Waals surface area contributed by atoms with Crippen molar-refractivity contribution >= 4 is 23.2 Å². The maximum atomic E-state index is 12.3. The van der Waals surface area contributed by atoms with E-state index in [2.05, 4.69) is 35.6 Å². The quantitative estimate of drug-likeness (QED) is 0.679. The number of rotatable bonds is 6. The molecule has 0 aromatic heterocycles. The summed E-state index contributed by atoms with van der Waals surface area (Å²) in [5.41, 5.74) is 2.08. The minimum Gasteiger partial charge on any atom is -0.495 e. The molecule has 1 fully saturated rings. The normalized spacial score (nSPS) is 19.8. The van der Waals surface area contributed by atoms with Crippen molar-refractivity contribution in [3.8, 4) is 5.75 Å². The molecule has 1 aliphatic heterocycles. The summed E-state index contributed by atoms with van der Waals surface area (Å²) in [7, 11) is 1.57. The van der Waals surface area contributed by atoms with E-state index in [4.69, 9.17) is 16.3 Å². The molecular weight excluding hydrogens is 350 g/mol. The van der Waals surface area contributed by atoms with Gasteiger partial charge in [0.05, 0.1) is 12.1 Å². The van der Waals surface area contributed by atoms with Crippen LogP contribution in [0.15, 0.2) is 48.5 Å². The first kappa shape index (κ1) is 18.7. The number of benzene rings is 2.